The molecule has 1 heterocycles. The molecule has 19 heavy (non-hydrogen) atoms. The van der Waals surface area contributed by atoms with Crippen LogP contribution in [-0.4, -0.2) is 35.1 Å². The summed E-state index contributed by atoms with van der Waals surface area (Å²) >= 11 is 0. The van der Waals surface area contributed by atoms with Crippen LogP contribution in [0, 0.1) is 5.92 Å². The maximum atomic E-state index is 6.00. The van der Waals surface area contributed by atoms with Crippen molar-refractivity contribution in [1.29, 1.82) is 0 Å². The summed E-state index contributed by atoms with van der Waals surface area (Å²) in [5.74, 6) is 0.732. The van der Waals surface area contributed by atoms with Crippen molar-refractivity contribution in [3.63, 3.8) is 0 Å². The second kappa shape index (κ2) is 7.65. The molecule has 108 valence electrons. The Morgan fingerprint density at radius 3 is 3.00 bits per heavy atom. The second-order valence-corrected chi connectivity index (χ2v) is 5.75. The Morgan fingerprint density at radius 2 is 2.26 bits per heavy atom. The van der Waals surface area contributed by atoms with Crippen LogP contribution in [0.1, 0.15) is 39.5 Å². The Hall–Kier alpha value is -0.870. The predicted molar refractivity (Wildman–Crippen MR) is 77.1 cm³/mol. The third kappa shape index (κ3) is 4.96. The highest BCUT2D eigenvalue weighted by Gasteiger charge is 2.21. The fourth-order valence-electron chi connectivity index (χ4n) is 2.80. The third-order valence-corrected chi connectivity index (χ3v) is 3.98. The maximum absolute atomic E-state index is 6.00. The van der Waals surface area contributed by atoms with Gasteiger partial charge in [-0.2, -0.15) is 5.10 Å². The first-order valence-corrected chi connectivity index (χ1v) is 7.58. The lowest BCUT2D eigenvalue weighted by Gasteiger charge is -2.29. The zero-order valence-corrected chi connectivity index (χ0v) is 12.2. The molecule has 0 aliphatic heterocycles. The molecule has 0 unspecified atom stereocenters. The average Bonchev–Trinajstić information content (AvgIpc) is 2.89. The van der Waals surface area contributed by atoms with Crippen molar-refractivity contribution in [3.05, 3.63) is 18.5 Å². The molecule has 1 aromatic heterocycles. The Kier molecular flexibility index (Phi) is 5.86. The van der Waals surface area contributed by atoms with E-state index in [4.69, 9.17) is 4.74 Å². The molecule has 0 saturated heterocycles. The molecule has 0 bridgehead atoms. The van der Waals surface area contributed by atoms with Gasteiger partial charge < -0.3 is 10.1 Å². The van der Waals surface area contributed by atoms with E-state index in [-0.39, 0.29) is 0 Å². The summed E-state index contributed by atoms with van der Waals surface area (Å²) in [6, 6.07) is 2.38. The fraction of sp³-hybridized carbons (Fsp3) is 0.800. The van der Waals surface area contributed by atoms with Crippen LogP contribution in [0.5, 0.6) is 0 Å². The van der Waals surface area contributed by atoms with E-state index in [0.717, 1.165) is 25.6 Å². The van der Waals surface area contributed by atoms with Crippen molar-refractivity contribution >= 4 is 0 Å². The maximum Gasteiger partial charge on any atom is 0.0601 e. The van der Waals surface area contributed by atoms with Gasteiger partial charge in [-0.3, -0.25) is 4.68 Å². The summed E-state index contributed by atoms with van der Waals surface area (Å²) in [5.41, 5.74) is 0. The summed E-state index contributed by atoms with van der Waals surface area (Å²) in [5, 5.41) is 7.70. The summed E-state index contributed by atoms with van der Waals surface area (Å²) in [4.78, 5) is 0. The van der Waals surface area contributed by atoms with Gasteiger partial charge in [0.05, 0.1) is 19.3 Å². The average molecular weight is 265 g/mol. The largest absolute Gasteiger partial charge is 0.377 e. The summed E-state index contributed by atoms with van der Waals surface area (Å²) in [6.07, 6.45) is 9.58. The summed E-state index contributed by atoms with van der Waals surface area (Å²) < 4.78 is 7.96. The fourth-order valence-corrected chi connectivity index (χ4v) is 2.80. The van der Waals surface area contributed by atoms with Crippen molar-refractivity contribution in [2.24, 2.45) is 5.92 Å². The van der Waals surface area contributed by atoms with Gasteiger partial charge in [0, 0.05) is 25.0 Å². The molecule has 1 fully saturated rings. The van der Waals surface area contributed by atoms with Crippen LogP contribution in [0.15, 0.2) is 18.5 Å². The Balaban J connectivity index is 1.56. The van der Waals surface area contributed by atoms with Gasteiger partial charge in [-0.1, -0.05) is 19.8 Å². The minimum absolute atomic E-state index is 0.423. The molecule has 0 radical (unpaired) electrons. The first-order valence-electron chi connectivity index (χ1n) is 7.58. The standard InChI is InChI=1S/C15H27N3O/c1-13-6-3-4-7-15(13)19-11-9-16-14(2)12-18-10-5-8-17-18/h5,8,10,13-16H,3-4,6-7,9,11-12H2,1-2H3/t13-,14+,15+/m0/s1. The monoisotopic (exact) mass is 265 g/mol. The van der Waals surface area contributed by atoms with E-state index in [0.29, 0.717) is 12.1 Å². The lowest BCUT2D eigenvalue weighted by atomic mass is 9.88. The molecular weight excluding hydrogens is 238 g/mol. The second-order valence-electron chi connectivity index (χ2n) is 5.75. The predicted octanol–water partition coefficient (Wildman–Crippen LogP) is 2.46. The van der Waals surface area contributed by atoms with Crippen LogP contribution < -0.4 is 5.32 Å². The summed E-state index contributed by atoms with van der Waals surface area (Å²) in [7, 11) is 0. The van der Waals surface area contributed by atoms with E-state index in [1.165, 1.54) is 25.7 Å². The highest BCUT2D eigenvalue weighted by Crippen LogP contribution is 2.25. The summed E-state index contributed by atoms with van der Waals surface area (Å²) in [6.45, 7) is 7.15. The number of hydrogen-bond acceptors (Lipinski definition) is 3. The number of rotatable bonds is 7. The lowest BCUT2D eigenvalue weighted by Crippen LogP contribution is -2.35. The van der Waals surface area contributed by atoms with E-state index in [1.807, 2.05) is 23.1 Å². The smallest absolute Gasteiger partial charge is 0.0601 e. The van der Waals surface area contributed by atoms with E-state index in [9.17, 15) is 0 Å². The molecule has 1 saturated carbocycles. The SMILES string of the molecule is C[C@H](Cn1cccn1)NCCO[C@@H]1CCCC[C@@H]1C. The third-order valence-electron chi connectivity index (χ3n) is 3.98. The molecule has 1 aliphatic carbocycles. The zero-order chi connectivity index (χ0) is 13.5. The molecule has 0 amide bonds. The topological polar surface area (TPSA) is 39.1 Å². The normalized spacial score (nSPS) is 25.4. The van der Waals surface area contributed by atoms with Gasteiger partial charge in [0.25, 0.3) is 0 Å². The van der Waals surface area contributed by atoms with E-state index in [1.54, 1.807) is 0 Å². The van der Waals surface area contributed by atoms with E-state index < -0.39 is 0 Å². The van der Waals surface area contributed by atoms with Gasteiger partial charge in [0.15, 0.2) is 0 Å². The van der Waals surface area contributed by atoms with E-state index >= 15 is 0 Å². The quantitative estimate of drug-likeness (QED) is 0.770. The van der Waals surface area contributed by atoms with Gasteiger partial charge in [-0.15, -0.1) is 0 Å². The Morgan fingerprint density at radius 1 is 1.42 bits per heavy atom. The number of ether oxygens (including phenoxy) is 1. The number of nitrogens with zero attached hydrogens (tertiary/aromatic N) is 2. The first-order chi connectivity index (χ1) is 9.25. The first kappa shape index (κ1) is 14.5. The van der Waals surface area contributed by atoms with Crippen LogP contribution in [0.4, 0.5) is 0 Å². The minimum atomic E-state index is 0.423. The molecule has 3 atom stereocenters. The lowest BCUT2D eigenvalue weighted by molar-refractivity contribution is -0.00385. The van der Waals surface area contributed by atoms with Crippen molar-refractivity contribution in [1.82, 2.24) is 15.1 Å². The van der Waals surface area contributed by atoms with Crippen molar-refractivity contribution in [3.8, 4) is 0 Å². The molecule has 4 heteroatoms. The van der Waals surface area contributed by atoms with Crippen LogP contribution in [0.25, 0.3) is 0 Å². The van der Waals surface area contributed by atoms with Crippen LogP contribution in [0.2, 0.25) is 0 Å². The van der Waals surface area contributed by atoms with Crippen molar-refractivity contribution < 1.29 is 4.74 Å². The molecule has 2 rings (SSSR count). The van der Waals surface area contributed by atoms with Crippen LogP contribution in [0.3, 0.4) is 0 Å². The van der Waals surface area contributed by atoms with Crippen LogP contribution in [-0.2, 0) is 11.3 Å². The van der Waals surface area contributed by atoms with Gasteiger partial charge in [-0.25, -0.2) is 0 Å². The highest BCUT2D eigenvalue weighted by atomic mass is 16.5. The molecule has 1 aromatic rings. The van der Waals surface area contributed by atoms with Gasteiger partial charge in [0.2, 0.25) is 0 Å². The Labute approximate surface area is 116 Å². The zero-order valence-electron chi connectivity index (χ0n) is 12.2. The van der Waals surface area contributed by atoms with Gasteiger partial charge in [-0.05, 0) is 31.7 Å². The minimum Gasteiger partial charge on any atom is -0.377 e. The highest BCUT2D eigenvalue weighted by molar-refractivity contribution is 4.79. The molecule has 4 nitrogen and oxygen atoms in total. The van der Waals surface area contributed by atoms with E-state index in [2.05, 4.69) is 24.3 Å². The van der Waals surface area contributed by atoms with Crippen LogP contribution >= 0.6 is 0 Å². The number of aromatic nitrogens is 2. The molecular formula is C15H27N3O. The van der Waals surface area contributed by atoms with Gasteiger partial charge >= 0.3 is 0 Å². The molecule has 1 aliphatic rings. The molecule has 0 spiro atoms. The van der Waals surface area contributed by atoms with Crippen molar-refractivity contribution in [2.75, 3.05) is 13.2 Å². The van der Waals surface area contributed by atoms with Crippen molar-refractivity contribution in [2.45, 2.75) is 58.2 Å². The number of hydrogen-bond donors (Lipinski definition) is 1. The molecule has 1 N–H and O–H groups in total. The molecule has 0 aromatic carbocycles. The van der Waals surface area contributed by atoms with Gasteiger partial charge in [0.1, 0.15) is 0 Å². The Bertz CT molecular complexity index is 339. The number of nitrogens with one attached hydrogen (secondary N) is 1.